The molecule has 8 heteroatoms. The van der Waals surface area contributed by atoms with Crippen molar-refractivity contribution in [3.63, 3.8) is 0 Å². The van der Waals surface area contributed by atoms with Gasteiger partial charge in [0, 0.05) is 35.6 Å². The Morgan fingerprint density at radius 1 is 1.14 bits per heavy atom. The molecule has 0 unspecified atom stereocenters. The molecule has 3 aromatic carbocycles. The number of hydrogen-bond acceptors (Lipinski definition) is 5. The number of carbonyl (C=O) groups is 2. The number of amides is 3. The van der Waals surface area contributed by atoms with E-state index in [0.29, 0.717) is 35.8 Å². The molecule has 0 saturated carbocycles. The largest absolute Gasteiger partial charge is 0.488 e. The fraction of sp³-hybridized carbons (Fsp3) is 0.357. The smallest absolute Gasteiger partial charge is 0.323 e. The molecule has 1 aliphatic rings. The summed E-state index contributed by atoms with van der Waals surface area (Å²) in [4.78, 5) is 27.8. The van der Waals surface area contributed by atoms with Crippen LogP contribution < -0.4 is 20.7 Å². The van der Waals surface area contributed by atoms with Gasteiger partial charge in [0.2, 0.25) is 5.91 Å². The van der Waals surface area contributed by atoms with Crippen LogP contribution in [-0.4, -0.2) is 60.8 Å². The van der Waals surface area contributed by atoms with Crippen LogP contribution >= 0.6 is 0 Å². The molecule has 0 aliphatic carbocycles. The molecule has 1 heterocycles. The monoisotopic (exact) mass is 490 g/mol. The summed E-state index contributed by atoms with van der Waals surface area (Å²) < 4.78 is 6.35. The Morgan fingerprint density at radius 2 is 1.92 bits per heavy atom. The van der Waals surface area contributed by atoms with Gasteiger partial charge < -0.3 is 30.7 Å². The second-order valence-electron chi connectivity index (χ2n) is 9.37. The zero-order valence-corrected chi connectivity index (χ0v) is 21.0. The van der Waals surface area contributed by atoms with Crippen molar-refractivity contribution in [2.45, 2.75) is 32.4 Å². The zero-order valence-electron chi connectivity index (χ0n) is 21.0. The highest BCUT2D eigenvalue weighted by Gasteiger charge is 2.30. The van der Waals surface area contributed by atoms with Gasteiger partial charge in [0.15, 0.2) is 0 Å². The number of aliphatic hydroxyl groups is 1. The van der Waals surface area contributed by atoms with Gasteiger partial charge in [-0.1, -0.05) is 43.3 Å². The summed E-state index contributed by atoms with van der Waals surface area (Å²) >= 11 is 0. The molecule has 0 spiro atoms. The van der Waals surface area contributed by atoms with Crippen LogP contribution in [0.25, 0.3) is 10.8 Å². The number of nitrogens with zero attached hydrogens (tertiary/aromatic N) is 1. The van der Waals surface area contributed by atoms with E-state index in [9.17, 15) is 14.7 Å². The van der Waals surface area contributed by atoms with Crippen LogP contribution in [0.4, 0.5) is 16.2 Å². The van der Waals surface area contributed by atoms with E-state index >= 15 is 0 Å². The first-order valence-corrected chi connectivity index (χ1v) is 12.3. The average molecular weight is 491 g/mol. The fourth-order valence-corrected chi connectivity index (χ4v) is 4.57. The Morgan fingerprint density at radius 3 is 2.69 bits per heavy atom. The lowest BCUT2D eigenvalue weighted by molar-refractivity contribution is -0.134. The van der Waals surface area contributed by atoms with Gasteiger partial charge in [-0.3, -0.25) is 4.79 Å². The topological polar surface area (TPSA) is 103 Å². The molecule has 4 rings (SSSR count). The van der Waals surface area contributed by atoms with Crippen LogP contribution in [0.1, 0.15) is 19.4 Å². The third kappa shape index (κ3) is 5.78. The molecule has 0 fully saturated rings. The molecule has 36 heavy (non-hydrogen) atoms. The molecule has 3 aromatic rings. The molecular weight excluding hydrogens is 456 g/mol. The highest BCUT2D eigenvalue weighted by molar-refractivity contribution is 6.06. The van der Waals surface area contributed by atoms with E-state index < -0.39 is 0 Å². The zero-order chi connectivity index (χ0) is 25.7. The lowest BCUT2D eigenvalue weighted by atomic mass is 10.0. The molecule has 190 valence electrons. The van der Waals surface area contributed by atoms with Crippen molar-refractivity contribution in [2.75, 3.05) is 37.4 Å². The number of hydrogen-bond donors (Lipinski definition) is 4. The first kappa shape index (κ1) is 25.5. The van der Waals surface area contributed by atoms with Crippen LogP contribution in [0, 0.1) is 5.92 Å². The maximum atomic E-state index is 13.2. The molecule has 0 bridgehead atoms. The minimum absolute atomic E-state index is 0.0469. The number of benzene rings is 3. The number of likely N-dealkylation sites (N-methyl/N-ethyl adjacent to an activating group) is 1. The van der Waals surface area contributed by atoms with Gasteiger partial charge in [-0.2, -0.15) is 0 Å². The van der Waals surface area contributed by atoms with E-state index in [-0.39, 0.29) is 43.0 Å². The maximum absolute atomic E-state index is 13.2. The summed E-state index contributed by atoms with van der Waals surface area (Å²) in [6.07, 6.45) is -0.0550. The van der Waals surface area contributed by atoms with E-state index in [1.165, 1.54) is 0 Å². The fourth-order valence-electron chi connectivity index (χ4n) is 4.57. The van der Waals surface area contributed by atoms with E-state index in [4.69, 9.17) is 4.74 Å². The summed E-state index contributed by atoms with van der Waals surface area (Å²) in [5.41, 5.74) is 1.96. The van der Waals surface area contributed by atoms with Crippen LogP contribution in [0.2, 0.25) is 0 Å². The predicted molar refractivity (Wildman–Crippen MR) is 143 cm³/mol. The summed E-state index contributed by atoms with van der Waals surface area (Å²) in [5.74, 6) is 0.579. The molecule has 4 N–H and O–H groups in total. The Bertz CT molecular complexity index is 1230. The molecule has 8 nitrogen and oxygen atoms in total. The number of ether oxygens (including phenoxy) is 1. The molecule has 1 aliphatic heterocycles. The minimum atomic E-state index is -0.376. The van der Waals surface area contributed by atoms with Crippen molar-refractivity contribution in [3.05, 3.63) is 66.2 Å². The molecule has 0 aromatic heterocycles. The van der Waals surface area contributed by atoms with Crippen LogP contribution in [0.3, 0.4) is 0 Å². The van der Waals surface area contributed by atoms with Gasteiger partial charge >= 0.3 is 6.03 Å². The minimum Gasteiger partial charge on any atom is -0.488 e. The standard InChI is InChI=1S/C28H34N4O4/c1-18-16-32(19(2)17-33)27(34)14-21-13-22(11-12-25(21)36-26(18)15-29-3)30-28(35)31-24-10-6-8-20-7-4-5-9-23(20)24/h4-13,18-19,26,29,33H,14-17H2,1-3H3,(H2,30,31,35)/t18-,19-,26+/m1/s1. The number of urea groups is 1. The van der Waals surface area contributed by atoms with Crippen molar-refractivity contribution in [2.24, 2.45) is 5.92 Å². The van der Waals surface area contributed by atoms with Gasteiger partial charge in [0.25, 0.3) is 0 Å². The van der Waals surface area contributed by atoms with Crippen LogP contribution in [-0.2, 0) is 11.2 Å². The maximum Gasteiger partial charge on any atom is 0.323 e. The number of carbonyl (C=O) groups excluding carboxylic acids is 2. The Kier molecular flexibility index (Phi) is 8.07. The third-order valence-electron chi connectivity index (χ3n) is 6.62. The Hall–Kier alpha value is -3.62. The first-order chi connectivity index (χ1) is 17.4. The van der Waals surface area contributed by atoms with Crippen molar-refractivity contribution < 1.29 is 19.4 Å². The molecule has 3 amide bonds. The summed E-state index contributed by atoms with van der Waals surface area (Å²) in [7, 11) is 1.87. The van der Waals surface area contributed by atoms with Crippen molar-refractivity contribution in [1.82, 2.24) is 10.2 Å². The second-order valence-corrected chi connectivity index (χ2v) is 9.37. The summed E-state index contributed by atoms with van der Waals surface area (Å²) in [5, 5.41) is 20.7. The van der Waals surface area contributed by atoms with E-state index in [2.05, 4.69) is 16.0 Å². The SMILES string of the molecule is CNC[C@@H]1Oc2ccc(NC(=O)Nc3cccc4ccccc34)cc2CC(=O)N([C@H](C)CO)C[C@H]1C. The number of aliphatic hydroxyl groups excluding tert-OH is 1. The Balaban J connectivity index is 1.57. The quantitative estimate of drug-likeness (QED) is 0.420. The third-order valence-corrected chi connectivity index (χ3v) is 6.62. The van der Waals surface area contributed by atoms with Gasteiger partial charge in [0.1, 0.15) is 11.9 Å². The van der Waals surface area contributed by atoms with Crippen molar-refractivity contribution >= 4 is 34.1 Å². The van der Waals surface area contributed by atoms with Gasteiger partial charge in [-0.15, -0.1) is 0 Å². The summed E-state index contributed by atoms with van der Waals surface area (Å²) in [6, 6.07) is 18.3. The lowest BCUT2D eigenvalue weighted by Crippen LogP contribution is -2.47. The number of nitrogens with one attached hydrogen (secondary N) is 3. The van der Waals surface area contributed by atoms with Crippen LogP contribution in [0.5, 0.6) is 5.75 Å². The average Bonchev–Trinajstić information content (AvgIpc) is 2.92. The van der Waals surface area contributed by atoms with Gasteiger partial charge in [-0.25, -0.2) is 4.79 Å². The van der Waals surface area contributed by atoms with Crippen LogP contribution in [0.15, 0.2) is 60.7 Å². The Labute approximate surface area is 211 Å². The molecule has 0 radical (unpaired) electrons. The van der Waals surface area contributed by atoms with E-state index in [1.807, 2.05) is 63.4 Å². The number of rotatable bonds is 6. The highest BCUT2D eigenvalue weighted by Crippen LogP contribution is 2.29. The van der Waals surface area contributed by atoms with E-state index in [1.54, 1.807) is 23.1 Å². The first-order valence-electron chi connectivity index (χ1n) is 12.3. The summed E-state index contributed by atoms with van der Waals surface area (Å²) in [6.45, 7) is 4.87. The second kappa shape index (κ2) is 11.4. The van der Waals surface area contributed by atoms with Gasteiger partial charge in [0.05, 0.1) is 24.8 Å². The normalized spacial score (nSPS) is 18.9. The van der Waals surface area contributed by atoms with Crippen molar-refractivity contribution in [1.29, 1.82) is 0 Å². The lowest BCUT2D eigenvalue weighted by Gasteiger charge is -2.32. The predicted octanol–water partition coefficient (Wildman–Crippen LogP) is 3.85. The number of anilines is 2. The molecular formula is C28H34N4O4. The molecule has 3 atom stereocenters. The van der Waals surface area contributed by atoms with Crippen molar-refractivity contribution in [3.8, 4) is 5.75 Å². The van der Waals surface area contributed by atoms with E-state index in [0.717, 1.165) is 10.8 Å². The molecule has 0 saturated heterocycles. The highest BCUT2D eigenvalue weighted by atomic mass is 16.5. The number of fused-ring (bicyclic) bond motifs is 2. The van der Waals surface area contributed by atoms with Gasteiger partial charge in [-0.05, 0) is 43.6 Å².